The Labute approximate surface area is 188 Å². The first-order chi connectivity index (χ1) is 15.3. The maximum absolute atomic E-state index is 13.3. The van der Waals surface area contributed by atoms with E-state index in [0.717, 1.165) is 17.7 Å². The van der Waals surface area contributed by atoms with E-state index < -0.39 is 10.0 Å². The average molecular weight is 456 g/mol. The van der Waals surface area contributed by atoms with Crippen molar-refractivity contribution in [2.75, 3.05) is 26.2 Å². The van der Waals surface area contributed by atoms with Gasteiger partial charge in [0, 0.05) is 56.3 Å². The second kappa shape index (κ2) is 8.15. The number of amides is 1. The number of likely N-dealkylation sites (tertiary alicyclic amines) is 1. The first kappa shape index (κ1) is 21.4. The summed E-state index contributed by atoms with van der Waals surface area (Å²) in [5, 5.41) is 0. The van der Waals surface area contributed by atoms with Gasteiger partial charge in [-0.3, -0.25) is 9.59 Å². The number of rotatable bonds is 3. The minimum atomic E-state index is -3.53. The van der Waals surface area contributed by atoms with E-state index in [4.69, 9.17) is 0 Å². The summed E-state index contributed by atoms with van der Waals surface area (Å²) >= 11 is 0. The van der Waals surface area contributed by atoms with Crippen LogP contribution < -0.4 is 5.56 Å². The smallest absolute Gasteiger partial charge is 0.250 e. The van der Waals surface area contributed by atoms with Gasteiger partial charge >= 0.3 is 0 Å². The van der Waals surface area contributed by atoms with Crippen molar-refractivity contribution in [1.82, 2.24) is 13.8 Å². The summed E-state index contributed by atoms with van der Waals surface area (Å²) in [6.07, 6.45) is 2.11. The minimum Gasteiger partial charge on any atom is -0.341 e. The fourth-order valence-corrected chi connectivity index (χ4v) is 7.01. The fraction of sp³-hybridized carbons (Fsp3) is 0.500. The highest BCUT2D eigenvalue weighted by Gasteiger charge is 2.39. The molecule has 3 aliphatic heterocycles. The standard InChI is InChI=1S/C24H29N3O4S/c1-17-5-7-21(8-6-17)32(30,31)26-11-9-19(10-12-26)24(29)25-14-18-13-20(16-25)22-3-2-4-23(28)27(22)15-18/h2-8,18-20H,9-16H2,1H3/t18-,20+/m1/s1. The summed E-state index contributed by atoms with van der Waals surface area (Å²) in [4.78, 5) is 27.8. The van der Waals surface area contributed by atoms with Gasteiger partial charge in [-0.05, 0) is 50.3 Å². The minimum absolute atomic E-state index is 0.0409. The third-order valence-corrected chi connectivity index (χ3v) is 9.17. The number of nitrogens with zero attached hydrogens (tertiary/aromatic N) is 3. The van der Waals surface area contributed by atoms with Crippen LogP contribution >= 0.6 is 0 Å². The lowest BCUT2D eigenvalue weighted by atomic mass is 9.82. The van der Waals surface area contributed by atoms with Gasteiger partial charge in [-0.1, -0.05) is 23.8 Å². The van der Waals surface area contributed by atoms with E-state index in [9.17, 15) is 18.0 Å². The molecule has 0 spiro atoms. The summed E-state index contributed by atoms with van der Waals surface area (Å²) in [6.45, 7) is 4.65. The number of sulfonamides is 1. The van der Waals surface area contributed by atoms with Crippen LogP contribution in [0.4, 0.5) is 0 Å². The average Bonchev–Trinajstić information content (AvgIpc) is 2.79. The largest absolute Gasteiger partial charge is 0.341 e. The van der Waals surface area contributed by atoms with Gasteiger partial charge in [-0.15, -0.1) is 0 Å². The number of fused-ring (bicyclic) bond motifs is 4. The molecule has 2 fully saturated rings. The van der Waals surface area contributed by atoms with Gasteiger partial charge < -0.3 is 9.47 Å². The number of aromatic nitrogens is 1. The van der Waals surface area contributed by atoms with Crippen molar-refractivity contribution in [3.63, 3.8) is 0 Å². The zero-order chi connectivity index (χ0) is 22.5. The van der Waals surface area contributed by atoms with Crippen molar-refractivity contribution in [2.45, 2.75) is 43.5 Å². The van der Waals surface area contributed by atoms with Crippen LogP contribution in [0.2, 0.25) is 0 Å². The summed E-state index contributed by atoms with van der Waals surface area (Å²) in [7, 11) is -3.53. The van der Waals surface area contributed by atoms with E-state index in [1.165, 1.54) is 4.31 Å². The predicted molar refractivity (Wildman–Crippen MR) is 121 cm³/mol. The number of aryl methyl sites for hydroxylation is 1. The van der Waals surface area contributed by atoms with E-state index in [-0.39, 0.29) is 23.3 Å². The van der Waals surface area contributed by atoms with Gasteiger partial charge in [0.15, 0.2) is 0 Å². The first-order valence-corrected chi connectivity index (χ1v) is 12.8. The quantitative estimate of drug-likeness (QED) is 0.711. The Balaban J connectivity index is 1.25. The number of benzene rings is 1. The molecule has 0 saturated carbocycles. The molecule has 2 bridgehead atoms. The molecule has 32 heavy (non-hydrogen) atoms. The number of pyridine rings is 1. The van der Waals surface area contributed by atoms with E-state index in [2.05, 4.69) is 0 Å². The number of carbonyl (C=O) groups is 1. The normalized spacial score (nSPS) is 24.2. The highest BCUT2D eigenvalue weighted by atomic mass is 32.2. The van der Waals surface area contributed by atoms with Gasteiger partial charge in [-0.2, -0.15) is 4.31 Å². The Morgan fingerprint density at radius 3 is 2.41 bits per heavy atom. The van der Waals surface area contributed by atoms with Crippen LogP contribution in [0.1, 0.15) is 36.4 Å². The van der Waals surface area contributed by atoms with Crippen LogP contribution in [0.5, 0.6) is 0 Å². The van der Waals surface area contributed by atoms with Gasteiger partial charge in [0.25, 0.3) is 5.56 Å². The molecular weight excluding hydrogens is 426 g/mol. The van der Waals surface area contributed by atoms with Crippen molar-refractivity contribution >= 4 is 15.9 Å². The van der Waals surface area contributed by atoms with Crippen LogP contribution in [-0.4, -0.2) is 54.3 Å². The lowest BCUT2D eigenvalue weighted by Gasteiger charge is -2.44. The molecular formula is C24H29N3O4S. The first-order valence-electron chi connectivity index (χ1n) is 11.4. The Morgan fingerprint density at radius 1 is 0.969 bits per heavy atom. The molecule has 0 N–H and O–H groups in total. The topological polar surface area (TPSA) is 79.7 Å². The maximum atomic E-state index is 13.3. The van der Waals surface area contributed by atoms with Crippen molar-refractivity contribution in [3.8, 4) is 0 Å². The highest BCUT2D eigenvalue weighted by Crippen LogP contribution is 2.36. The summed E-state index contributed by atoms with van der Waals surface area (Å²) in [5.74, 6) is 0.490. The van der Waals surface area contributed by atoms with Crippen molar-refractivity contribution < 1.29 is 13.2 Å². The molecule has 1 amide bonds. The lowest BCUT2D eigenvalue weighted by Crippen LogP contribution is -2.52. The molecule has 0 aliphatic carbocycles. The number of carbonyl (C=O) groups excluding carboxylic acids is 1. The summed E-state index contributed by atoms with van der Waals surface area (Å²) in [5.41, 5.74) is 2.09. The Morgan fingerprint density at radius 2 is 1.69 bits per heavy atom. The van der Waals surface area contributed by atoms with Crippen LogP contribution in [0.25, 0.3) is 0 Å². The van der Waals surface area contributed by atoms with Gasteiger partial charge in [-0.25, -0.2) is 8.42 Å². The Kier molecular flexibility index (Phi) is 5.45. The van der Waals surface area contributed by atoms with Crippen LogP contribution in [0, 0.1) is 18.8 Å². The molecule has 1 aromatic heterocycles. The zero-order valence-corrected chi connectivity index (χ0v) is 19.1. The molecule has 5 rings (SSSR count). The number of hydrogen-bond donors (Lipinski definition) is 0. The molecule has 2 aromatic rings. The Hall–Kier alpha value is -2.45. The summed E-state index contributed by atoms with van der Waals surface area (Å²) in [6, 6.07) is 12.3. The molecule has 0 unspecified atom stereocenters. The monoisotopic (exact) mass is 455 g/mol. The van der Waals surface area contributed by atoms with Gasteiger partial charge in [0.2, 0.25) is 15.9 Å². The van der Waals surface area contributed by atoms with E-state index in [1.54, 1.807) is 24.3 Å². The molecule has 7 nitrogen and oxygen atoms in total. The molecule has 8 heteroatoms. The second-order valence-electron chi connectivity index (χ2n) is 9.43. The zero-order valence-electron chi connectivity index (χ0n) is 18.3. The number of piperidine rings is 2. The molecule has 2 saturated heterocycles. The predicted octanol–water partition coefficient (Wildman–Crippen LogP) is 2.20. The lowest BCUT2D eigenvalue weighted by molar-refractivity contribution is -0.139. The van der Waals surface area contributed by atoms with Crippen LogP contribution in [0.15, 0.2) is 52.2 Å². The van der Waals surface area contributed by atoms with Crippen molar-refractivity contribution in [1.29, 1.82) is 0 Å². The third-order valence-electron chi connectivity index (χ3n) is 7.25. The van der Waals surface area contributed by atoms with Gasteiger partial charge in [0.05, 0.1) is 4.90 Å². The fourth-order valence-electron chi connectivity index (χ4n) is 5.54. The second-order valence-corrected chi connectivity index (χ2v) is 11.4. The maximum Gasteiger partial charge on any atom is 0.250 e. The van der Waals surface area contributed by atoms with E-state index >= 15 is 0 Å². The van der Waals surface area contributed by atoms with Crippen molar-refractivity contribution in [2.24, 2.45) is 11.8 Å². The van der Waals surface area contributed by atoms with E-state index in [1.807, 2.05) is 34.6 Å². The molecule has 1 aromatic carbocycles. The van der Waals surface area contributed by atoms with Gasteiger partial charge in [0.1, 0.15) is 0 Å². The molecule has 3 aliphatic rings. The molecule has 0 radical (unpaired) electrons. The molecule has 170 valence electrons. The third kappa shape index (κ3) is 3.79. The van der Waals surface area contributed by atoms with Crippen molar-refractivity contribution in [3.05, 3.63) is 64.1 Å². The van der Waals surface area contributed by atoms with E-state index in [0.29, 0.717) is 56.4 Å². The summed E-state index contributed by atoms with van der Waals surface area (Å²) < 4.78 is 29.3. The Bertz CT molecular complexity index is 1180. The SMILES string of the molecule is Cc1ccc(S(=O)(=O)N2CCC(C(=O)N3C[C@H]4C[C@@H](C3)c3cccc(=O)n3C4)CC2)cc1. The molecule has 4 heterocycles. The van der Waals surface area contributed by atoms with Crippen LogP contribution in [0.3, 0.4) is 0 Å². The number of hydrogen-bond acceptors (Lipinski definition) is 4. The highest BCUT2D eigenvalue weighted by molar-refractivity contribution is 7.89. The molecule has 2 atom stereocenters. The van der Waals surface area contributed by atoms with Crippen LogP contribution in [-0.2, 0) is 21.4 Å².